The Bertz CT molecular complexity index is 591. The van der Waals surface area contributed by atoms with Crippen LogP contribution >= 0.6 is 12.4 Å². The Morgan fingerprint density at radius 2 is 2.00 bits per heavy atom. The summed E-state index contributed by atoms with van der Waals surface area (Å²) in [6.07, 6.45) is -1.65. The van der Waals surface area contributed by atoms with Crippen LogP contribution in [0.4, 0.5) is 0 Å². The number of rotatable bonds is 3. The van der Waals surface area contributed by atoms with E-state index in [-0.39, 0.29) is 30.0 Å². The average Bonchev–Trinajstić information content (AvgIpc) is 2.95. The number of benzene rings is 1. The van der Waals surface area contributed by atoms with E-state index in [2.05, 4.69) is 5.32 Å². The van der Waals surface area contributed by atoms with Crippen LogP contribution in [0.5, 0.6) is 0 Å². The minimum Gasteiger partial charge on any atom is -0.389 e. The fourth-order valence-electron chi connectivity index (χ4n) is 2.61. The zero-order valence-corrected chi connectivity index (χ0v) is 13.1. The molecule has 2 fully saturated rings. The second kappa shape index (κ2) is 6.20. The Labute approximate surface area is 130 Å². The number of fused-ring (bicyclic) bond motifs is 1. The molecule has 0 radical (unpaired) electrons. The first-order chi connectivity index (χ1) is 9.47. The highest BCUT2D eigenvalue weighted by atomic mass is 35.5. The molecular formula is C13H18ClNO5S. The minimum absolute atomic E-state index is 0. The van der Waals surface area contributed by atoms with E-state index < -0.39 is 28.4 Å². The zero-order valence-electron chi connectivity index (χ0n) is 11.4. The van der Waals surface area contributed by atoms with E-state index in [0.717, 1.165) is 5.56 Å². The van der Waals surface area contributed by atoms with Gasteiger partial charge in [0.15, 0.2) is 0 Å². The second-order valence-electron chi connectivity index (χ2n) is 5.20. The number of hydrogen-bond acceptors (Lipinski definition) is 6. The molecule has 118 valence electrons. The number of ether oxygens (including phenoxy) is 1. The van der Waals surface area contributed by atoms with Crippen molar-refractivity contribution in [2.75, 3.05) is 13.2 Å². The van der Waals surface area contributed by atoms with E-state index in [1.54, 1.807) is 12.1 Å². The van der Waals surface area contributed by atoms with Crippen molar-refractivity contribution in [3.8, 4) is 0 Å². The summed E-state index contributed by atoms with van der Waals surface area (Å²) in [7, 11) is -3.82. The quantitative estimate of drug-likeness (QED) is 0.769. The summed E-state index contributed by atoms with van der Waals surface area (Å²) >= 11 is 0. The van der Waals surface area contributed by atoms with Gasteiger partial charge in [-0.1, -0.05) is 17.7 Å². The number of hydrogen-bond donors (Lipinski definition) is 2. The molecule has 6 nitrogen and oxygen atoms in total. The molecular weight excluding hydrogens is 318 g/mol. The third kappa shape index (κ3) is 3.23. The van der Waals surface area contributed by atoms with Crippen LogP contribution in [-0.4, -0.2) is 51.0 Å². The molecule has 21 heavy (non-hydrogen) atoms. The summed E-state index contributed by atoms with van der Waals surface area (Å²) < 4.78 is 35.1. The van der Waals surface area contributed by atoms with Gasteiger partial charge in [0.05, 0.1) is 23.6 Å². The molecule has 1 aromatic carbocycles. The number of nitrogens with one attached hydrogen (secondary N) is 1. The average molecular weight is 336 g/mol. The molecule has 2 aliphatic rings. The van der Waals surface area contributed by atoms with Gasteiger partial charge in [-0.15, -0.1) is 12.4 Å². The lowest BCUT2D eigenvalue weighted by Gasteiger charge is -2.17. The van der Waals surface area contributed by atoms with E-state index in [1.807, 2.05) is 6.92 Å². The lowest BCUT2D eigenvalue weighted by Crippen LogP contribution is -2.37. The maximum absolute atomic E-state index is 12.2. The number of aliphatic hydroxyl groups is 1. The Balaban J connectivity index is 0.00000161. The number of aryl methyl sites for hydroxylation is 1. The molecule has 0 bridgehead atoms. The molecule has 0 saturated carbocycles. The van der Waals surface area contributed by atoms with Crippen LogP contribution in [-0.2, 0) is 19.0 Å². The highest BCUT2D eigenvalue weighted by Crippen LogP contribution is 2.27. The maximum Gasteiger partial charge on any atom is 0.297 e. The summed E-state index contributed by atoms with van der Waals surface area (Å²) in [6.45, 7) is 2.43. The van der Waals surface area contributed by atoms with Crippen molar-refractivity contribution < 1.29 is 22.4 Å². The molecule has 4 atom stereocenters. The van der Waals surface area contributed by atoms with Crippen LogP contribution in [0.25, 0.3) is 0 Å². The first-order valence-corrected chi connectivity index (χ1v) is 7.91. The highest BCUT2D eigenvalue weighted by Gasteiger charge is 2.47. The van der Waals surface area contributed by atoms with Gasteiger partial charge in [-0.25, -0.2) is 0 Å². The van der Waals surface area contributed by atoms with Gasteiger partial charge in [-0.2, -0.15) is 8.42 Å². The van der Waals surface area contributed by atoms with Crippen LogP contribution in [0.3, 0.4) is 0 Å². The normalized spacial score (nSPS) is 31.7. The maximum atomic E-state index is 12.2. The van der Waals surface area contributed by atoms with Crippen molar-refractivity contribution in [2.45, 2.75) is 36.2 Å². The Morgan fingerprint density at radius 3 is 2.67 bits per heavy atom. The summed E-state index contributed by atoms with van der Waals surface area (Å²) in [6, 6.07) is 6.24. The second-order valence-corrected chi connectivity index (χ2v) is 6.77. The Morgan fingerprint density at radius 1 is 1.33 bits per heavy atom. The van der Waals surface area contributed by atoms with Crippen molar-refractivity contribution in [3.05, 3.63) is 29.8 Å². The Kier molecular flexibility index (Phi) is 4.92. The van der Waals surface area contributed by atoms with Gasteiger partial charge in [0, 0.05) is 6.54 Å². The smallest absolute Gasteiger partial charge is 0.297 e. The van der Waals surface area contributed by atoms with E-state index in [9.17, 15) is 13.5 Å². The van der Waals surface area contributed by atoms with Gasteiger partial charge in [0.25, 0.3) is 10.1 Å². The first kappa shape index (κ1) is 16.7. The van der Waals surface area contributed by atoms with Crippen molar-refractivity contribution >= 4 is 22.5 Å². The molecule has 4 unspecified atom stereocenters. The Hall–Kier alpha value is -0.700. The van der Waals surface area contributed by atoms with Crippen LogP contribution in [0.1, 0.15) is 5.56 Å². The van der Waals surface area contributed by atoms with E-state index in [0.29, 0.717) is 6.54 Å². The first-order valence-electron chi connectivity index (χ1n) is 6.50. The third-order valence-corrected chi connectivity index (χ3v) is 5.06. The van der Waals surface area contributed by atoms with Gasteiger partial charge >= 0.3 is 0 Å². The highest BCUT2D eigenvalue weighted by molar-refractivity contribution is 7.86. The molecule has 0 amide bonds. The predicted octanol–water partition coefficient (Wildman–Crippen LogP) is 0.222. The summed E-state index contributed by atoms with van der Waals surface area (Å²) in [5.74, 6) is 0. The van der Waals surface area contributed by atoms with Crippen LogP contribution in [0.2, 0.25) is 0 Å². The fourth-order valence-corrected chi connectivity index (χ4v) is 3.69. The van der Waals surface area contributed by atoms with Gasteiger partial charge in [0.1, 0.15) is 12.2 Å². The lowest BCUT2D eigenvalue weighted by atomic mass is 10.1. The monoisotopic (exact) mass is 335 g/mol. The van der Waals surface area contributed by atoms with Crippen molar-refractivity contribution in [1.29, 1.82) is 0 Å². The van der Waals surface area contributed by atoms with E-state index >= 15 is 0 Å². The van der Waals surface area contributed by atoms with E-state index in [4.69, 9.17) is 8.92 Å². The number of halogens is 1. The largest absolute Gasteiger partial charge is 0.389 e. The number of aliphatic hydroxyl groups excluding tert-OH is 1. The van der Waals surface area contributed by atoms with Gasteiger partial charge < -0.3 is 15.2 Å². The molecule has 0 spiro atoms. The zero-order chi connectivity index (χ0) is 14.3. The third-order valence-electron chi connectivity index (χ3n) is 3.71. The predicted molar refractivity (Wildman–Crippen MR) is 78.0 cm³/mol. The molecule has 2 heterocycles. The lowest BCUT2D eigenvalue weighted by molar-refractivity contribution is 0.0278. The molecule has 8 heteroatoms. The molecule has 3 rings (SSSR count). The SMILES string of the molecule is Cc1ccc(S(=O)(=O)OC2CNC3C(O)COC23)cc1.Cl. The van der Waals surface area contributed by atoms with Crippen molar-refractivity contribution in [3.63, 3.8) is 0 Å². The fraction of sp³-hybridized carbons (Fsp3) is 0.538. The van der Waals surface area contributed by atoms with Crippen LogP contribution in [0.15, 0.2) is 29.2 Å². The molecule has 2 N–H and O–H groups in total. The van der Waals surface area contributed by atoms with Gasteiger partial charge in [0.2, 0.25) is 0 Å². The topological polar surface area (TPSA) is 84.9 Å². The van der Waals surface area contributed by atoms with E-state index in [1.165, 1.54) is 12.1 Å². The minimum atomic E-state index is -3.82. The standard InChI is InChI=1S/C13H17NO5S.ClH/c1-8-2-4-9(5-3-8)20(16,17)19-11-6-14-12-10(15)7-18-13(11)12;/h2-5,10-15H,6-7H2,1H3;1H. The summed E-state index contributed by atoms with van der Waals surface area (Å²) in [5.41, 5.74) is 0.980. The van der Waals surface area contributed by atoms with Crippen LogP contribution in [0, 0.1) is 6.92 Å². The molecule has 2 aliphatic heterocycles. The van der Waals surface area contributed by atoms with Crippen LogP contribution < -0.4 is 5.32 Å². The van der Waals surface area contributed by atoms with Gasteiger partial charge in [-0.05, 0) is 19.1 Å². The molecule has 0 aliphatic carbocycles. The molecule has 2 saturated heterocycles. The molecule has 0 aromatic heterocycles. The molecule has 1 aromatic rings. The van der Waals surface area contributed by atoms with Crippen molar-refractivity contribution in [2.24, 2.45) is 0 Å². The van der Waals surface area contributed by atoms with Crippen molar-refractivity contribution in [1.82, 2.24) is 5.32 Å². The summed E-state index contributed by atoms with van der Waals surface area (Å²) in [4.78, 5) is 0.130. The summed E-state index contributed by atoms with van der Waals surface area (Å²) in [5, 5.41) is 12.7. The van der Waals surface area contributed by atoms with Gasteiger partial charge in [-0.3, -0.25) is 4.18 Å².